The molecule has 7 aromatic carbocycles. The summed E-state index contributed by atoms with van der Waals surface area (Å²) in [5.74, 6) is 2.90. The maximum absolute atomic E-state index is 6.24. The number of allylic oxidation sites excluding steroid dienone is 1. The largest absolute Gasteiger partial charge is 0.460 e. The van der Waals surface area contributed by atoms with Gasteiger partial charge in [0.1, 0.15) is 11.3 Å². The van der Waals surface area contributed by atoms with Crippen LogP contribution in [0.3, 0.4) is 0 Å². The molecule has 0 saturated heterocycles. The second-order valence-corrected chi connectivity index (χ2v) is 14.7. The second-order valence-electron chi connectivity index (χ2n) is 14.7. The number of aryl methyl sites for hydroxylation is 1. The standard InChI is InChI=1S/C51H33N5O/c1-3-14-32(15-4-1)49-52-50(54-51(53-49)34-26-29-46-40(31-34)37-20-9-12-25-45(37)57-46)33-16-13-19-36(30-33)56-42-24-11-8-22-39(42)48-44(56)28-27-43-47(48)38-21-7-10-23-41(38)55(43)35-17-5-2-6-18-35/h1-11,13-24,26-31H,12,25H2. The lowest BCUT2D eigenvalue weighted by Gasteiger charge is -2.12. The van der Waals surface area contributed by atoms with Gasteiger partial charge in [-0.2, -0.15) is 0 Å². The molecule has 0 N–H and O–H groups in total. The Labute approximate surface area is 327 Å². The molecule has 0 atom stereocenters. The van der Waals surface area contributed by atoms with E-state index in [0.29, 0.717) is 17.5 Å². The summed E-state index contributed by atoms with van der Waals surface area (Å²) in [5, 5.41) is 6.00. The van der Waals surface area contributed by atoms with E-state index >= 15 is 0 Å². The molecule has 0 unspecified atom stereocenters. The number of para-hydroxylation sites is 3. The fraction of sp³-hybridized carbons (Fsp3) is 0.0392. The molecule has 1 aliphatic rings. The third-order valence-electron chi connectivity index (χ3n) is 11.4. The molecule has 0 aliphatic heterocycles. The zero-order valence-electron chi connectivity index (χ0n) is 30.8. The third kappa shape index (κ3) is 4.94. The molecular formula is C51H33N5O. The Bertz CT molecular complexity index is 3410. The molecule has 0 amide bonds. The molecule has 4 aromatic heterocycles. The van der Waals surface area contributed by atoms with Gasteiger partial charge in [-0.05, 0) is 73.2 Å². The smallest absolute Gasteiger partial charge is 0.164 e. The molecule has 0 bridgehead atoms. The van der Waals surface area contributed by atoms with Crippen molar-refractivity contribution in [2.75, 3.05) is 0 Å². The van der Waals surface area contributed by atoms with Gasteiger partial charge in [0.15, 0.2) is 17.5 Å². The zero-order valence-corrected chi connectivity index (χ0v) is 30.8. The Hall–Kier alpha value is -7.57. The van der Waals surface area contributed by atoms with E-state index in [2.05, 4.69) is 149 Å². The molecule has 0 radical (unpaired) electrons. The molecule has 6 nitrogen and oxygen atoms in total. The van der Waals surface area contributed by atoms with Gasteiger partial charge in [0.25, 0.3) is 0 Å². The van der Waals surface area contributed by atoms with Crippen molar-refractivity contribution in [1.29, 1.82) is 0 Å². The lowest BCUT2D eigenvalue weighted by atomic mass is 10.0. The fourth-order valence-electron chi connectivity index (χ4n) is 8.88. The number of nitrogens with zero attached hydrogens (tertiary/aromatic N) is 5. The highest BCUT2D eigenvalue weighted by Gasteiger charge is 2.22. The molecule has 0 saturated carbocycles. The van der Waals surface area contributed by atoms with Crippen molar-refractivity contribution in [3.63, 3.8) is 0 Å². The molecule has 0 fully saturated rings. The van der Waals surface area contributed by atoms with Gasteiger partial charge in [-0.1, -0.05) is 109 Å². The van der Waals surface area contributed by atoms with E-state index in [1.54, 1.807) is 0 Å². The zero-order chi connectivity index (χ0) is 37.5. The van der Waals surface area contributed by atoms with Crippen LogP contribution in [0.4, 0.5) is 0 Å². The van der Waals surface area contributed by atoms with Crippen LogP contribution in [0.5, 0.6) is 0 Å². The van der Waals surface area contributed by atoms with Crippen LogP contribution in [0.1, 0.15) is 17.7 Å². The van der Waals surface area contributed by atoms with Crippen molar-refractivity contribution in [3.8, 4) is 45.5 Å². The first-order chi connectivity index (χ1) is 28.3. The summed E-state index contributed by atoms with van der Waals surface area (Å²) < 4.78 is 11.0. The monoisotopic (exact) mass is 731 g/mol. The highest BCUT2D eigenvalue weighted by molar-refractivity contribution is 6.28. The maximum Gasteiger partial charge on any atom is 0.164 e. The van der Waals surface area contributed by atoms with E-state index < -0.39 is 0 Å². The normalized spacial score (nSPS) is 12.7. The molecular weight excluding hydrogens is 699 g/mol. The first kappa shape index (κ1) is 31.7. The summed E-state index contributed by atoms with van der Waals surface area (Å²) in [6, 6.07) is 57.7. The van der Waals surface area contributed by atoms with Crippen LogP contribution in [0.25, 0.3) is 106 Å². The summed E-state index contributed by atoms with van der Waals surface area (Å²) in [6.07, 6.45) is 6.30. The SMILES string of the molecule is C1=Cc2c(oc3ccc(-c4nc(-c5ccccc5)nc(-c5cccc(-n6c7ccccc7c7c8c9ccccc9n(-c9ccccc9)c8ccc76)c5)n4)cc23)CC1. The third-order valence-corrected chi connectivity index (χ3v) is 11.4. The van der Waals surface area contributed by atoms with Gasteiger partial charge < -0.3 is 13.6 Å². The first-order valence-corrected chi connectivity index (χ1v) is 19.4. The van der Waals surface area contributed by atoms with Crippen molar-refractivity contribution >= 4 is 60.7 Å². The molecule has 4 heterocycles. The van der Waals surface area contributed by atoms with Gasteiger partial charge in [-0.25, -0.2) is 15.0 Å². The van der Waals surface area contributed by atoms with Gasteiger partial charge >= 0.3 is 0 Å². The number of hydrogen-bond acceptors (Lipinski definition) is 4. The molecule has 1 aliphatic carbocycles. The summed E-state index contributed by atoms with van der Waals surface area (Å²) in [6.45, 7) is 0. The van der Waals surface area contributed by atoms with E-state index in [-0.39, 0.29) is 0 Å². The lowest BCUT2D eigenvalue weighted by Crippen LogP contribution is -2.01. The highest BCUT2D eigenvalue weighted by atomic mass is 16.3. The Morgan fingerprint density at radius 1 is 0.439 bits per heavy atom. The minimum atomic E-state index is 0.615. The Balaban J connectivity index is 1.07. The quantitative estimate of drug-likeness (QED) is 0.177. The number of furan rings is 1. The number of fused-ring (bicyclic) bond motifs is 10. The van der Waals surface area contributed by atoms with Crippen molar-refractivity contribution < 1.29 is 4.42 Å². The minimum absolute atomic E-state index is 0.615. The summed E-state index contributed by atoms with van der Waals surface area (Å²) in [7, 11) is 0. The van der Waals surface area contributed by atoms with Crippen LogP contribution < -0.4 is 0 Å². The van der Waals surface area contributed by atoms with E-state index in [1.807, 2.05) is 36.4 Å². The average molecular weight is 732 g/mol. The van der Waals surface area contributed by atoms with Crippen LogP contribution in [0, 0.1) is 0 Å². The van der Waals surface area contributed by atoms with E-state index in [4.69, 9.17) is 19.4 Å². The van der Waals surface area contributed by atoms with E-state index in [9.17, 15) is 0 Å². The van der Waals surface area contributed by atoms with Crippen LogP contribution in [-0.2, 0) is 6.42 Å². The van der Waals surface area contributed by atoms with Crippen LogP contribution in [-0.4, -0.2) is 24.1 Å². The highest BCUT2D eigenvalue weighted by Crippen LogP contribution is 2.43. The minimum Gasteiger partial charge on any atom is -0.460 e. The van der Waals surface area contributed by atoms with Gasteiger partial charge in [0.2, 0.25) is 0 Å². The predicted molar refractivity (Wildman–Crippen MR) is 232 cm³/mol. The van der Waals surface area contributed by atoms with Gasteiger partial charge in [0.05, 0.1) is 22.1 Å². The molecule has 0 spiro atoms. The molecule has 6 heteroatoms. The maximum atomic E-state index is 6.24. The predicted octanol–water partition coefficient (Wildman–Crippen LogP) is 12.8. The average Bonchev–Trinajstić information content (AvgIpc) is 3.94. The lowest BCUT2D eigenvalue weighted by molar-refractivity contribution is 0.546. The van der Waals surface area contributed by atoms with Crippen molar-refractivity contribution in [3.05, 3.63) is 181 Å². The molecule has 11 aromatic rings. The Kier molecular flexibility index (Phi) is 6.95. The molecule has 268 valence electrons. The molecule has 12 rings (SSSR count). The van der Waals surface area contributed by atoms with Gasteiger partial charge in [0, 0.05) is 67.0 Å². The van der Waals surface area contributed by atoms with Crippen LogP contribution in [0.15, 0.2) is 174 Å². The van der Waals surface area contributed by atoms with E-state index in [0.717, 1.165) is 74.2 Å². The number of rotatable bonds is 5. The van der Waals surface area contributed by atoms with Gasteiger partial charge in [-0.15, -0.1) is 0 Å². The first-order valence-electron chi connectivity index (χ1n) is 19.4. The number of hydrogen-bond donors (Lipinski definition) is 0. The summed E-state index contributed by atoms with van der Waals surface area (Å²) in [5.41, 5.74) is 11.6. The van der Waals surface area contributed by atoms with Crippen molar-refractivity contribution in [2.45, 2.75) is 12.8 Å². The van der Waals surface area contributed by atoms with Crippen LogP contribution >= 0.6 is 0 Å². The second kappa shape index (κ2) is 12.5. The number of benzene rings is 7. The topological polar surface area (TPSA) is 61.7 Å². The van der Waals surface area contributed by atoms with Gasteiger partial charge in [-0.3, -0.25) is 0 Å². The molecule has 57 heavy (non-hydrogen) atoms. The Morgan fingerprint density at radius 3 is 1.70 bits per heavy atom. The van der Waals surface area contributed by atoms with E-state index in [1.165, 1.54) is 32.6 Å². The van der Waals surface area contributed by atoms with Crippen molar-refractivity contribution in [2.24, 2.45) is 0 Å². The van der Waals surface area contributed by atoms with Crippen molar-refractivity contribution in [1.82, 2.24) is 24.1 Å². The summed E-state index contributed by atoms with van der Waals surface area (Å²) in [4.78, 5) is 15.3. The Morgan fingerprint density at radius 2 is 1.00 bits per heavy atom. The fourth-order valence-corrected chi connectivity index (χ4v) is 8.88. The number of aromatic nitrogens is 5. The van der Waals surface area contributed by atoms with Crippen LogP contribution in [0.2, 0.25) is 0 Å². The summed E-state index contributed by atoms with van der Waals surface area (Å²) >= 11 is 0.